The van der Waals surface area contributed by atoms with Crippen LogP contribution in [0.15, 0.2) is 0 Å². The molecule has 0 saturated heterocycles. The zero-order valence-electron chi connectivity index (χ0n) is 0.408. The van der Waals surface area contributed by atoms with Gasteiger partial charge in [-0.2, -0.15) is 0 Å². The summed E-state index contributed by atoms with van der Waals surface area (Å²) < 4.78 is 0. The van der Waals surface area contributed by atoms with Crippen molar-refractivity contribution < 1.29 is 0 Å². The molecule has 0 aromatic rings. The van der Waals surface area contributed by atoms with Crippen LogP contribution in [0.25, 0.3) is 0 Å². The number of hydrogen-bond acceptors (Lipinski definition) is 0. The Labute approximate surface area is 71.6 Å². The Morgan fingerprint density at radius 2 is 1.00 bits per heavy atom. The zero-order valence-corrected chi connectivity index (χ0v) is 1.22. The SMILES string of the molecule is C.Cl.[MgH2].[NaH]. The van der Waals surface area contributed by atoms with Gasteiger partial charge in [-0.1, -0.05) is 7.43 Å². The van der Waals surface area contributed by atoms with Gasteiger partial charge >= 0.3 is 52.6 Å². The van der Waals surface area contributed by atoms with Gasteiger partial charge in [-0.05, 0) is 0 Å². The summed E-state index contributed by atoms with van der Waals surface area (Å²) in [5, 5.41) is 0. The summed E-state index contributed by atoms with van der Waals surface area (Å²) in [7, 11) is 0. The summed E-state index contributed by atoms with van der Waals surface area (Å²) in [5.74, 6) is 0. The molecule has 0 aromatic heterocycles. The van der Waals surface area contributed by atoms with E-state index in [2.05, 4.69) is 0 Å². The Bertz CT molecular complexity index is 8.00. The molecule has 0 heterocycles. The molecule has 0 spiro atoms. The molecule has 0 nitrogen and oxygen atoms in total. The Morgan fingerprint density at radius 3 is 1.00 bits per heavy atom. The van der Waals surface area contributed by atoms with Gasteiger partial charge in [0, 0.05) is 0 Å². The summed E-state index contributed by atoms with van der Waals surface area (Å²) >= 11 is 0. The molecule has 0 amide bonds. The second-order valence-corrected chi connectivity index (χ2v) is 0. The molecule has 0 aliphatic carbocycles. The first-order chi connectivity index (χ1) is 0. The fourth-order valence-corrected chi connectivity index (χ4v) is 0. The quantitative estimate of drug-likeness (QED) is 0.362. The van der Waals surface area contributed by atoms with Gasteiger partial charge in [-0.15, -0.1) is 12.4 Å². The monoisotopic (exact) mass is 102 g/mol. The first-order valence-electron chi connectivity index (χ1n) is 0. The van der Waals surface area contributed by atoms with Crippen LogP contribution in [0.2, 0.25) is 0 Å². The Morgan fingerprint density at radius 1 is 1.00 bits per heavy atom. The van der Waals surface area contributed by atoms with E-state index in [0.29, 0.717) is 0 Å². The average molecular weight is 103 g/mol. The van der Waals surface area contributed by atoms with Gasteiger partial charge in [0.05, 0.1) is 0 Å². The molecule has 0 fully saturated rings. The van der Waals surface area contributed by atoms with Crippen LogP contribution >= 0.6 is 12.4 Å². The van der Waals surface area contributed by atoms with E-state index in [9.17, 15) is 0 Å². The molecule has 0 N–H and O–H groups in total. The third kappa shape index (κ3) is 8.96. The van der Waals surface area contributed by atoms with Gasteiger partial charge in [0.2, 0.25) is 0 Å². The number of hydrogen-bond donors (Lipinski definition) is 0. The van der Waals surface area contributed by atoms with Crippen LogP contribution in [0, 0.1) is 0 Å². The maximum absolute atomic E-state index is 0. The molecule has 22 valence electrons. The molecule has 0 radical (unpaired) electrons. The summed E-state index contributed by atoms with van der Waals surface area (Å²) in [6, 6.07) is 0. The summed E-state index contributed by atoms with van der Waals surface area (Å²) in [6.07, 6.45) is 0. The maximum atomic E-state index is 0. The predicted molar refractivity (Wildman–Crippen MR) is 29.7 cm³/mol. The van der Waals surface area contributed by atoms with E-state index in [1.54, 1.807) is 0 Å². The fraction of sp³-hybridized carbons (Fsp3) is 1.00. The molecule has 0 rings (SSSR count). The van der Waals surface area contributed by atoms with E-state index >= 15 is 0 Å². The van der Waals surface area contributed by atoms with Gasteiger partial charge < -0.3 is 0 Å². The molecule has 0 unspecified atom stereocenters. The van der Waals surface area contributed by atoms with Crippen molar-refractivity contribution in [3.63, 3.8) is 0 Å². The van der Waals surface area contributed by atoms with Gasteiger partial charge in [-0.3, -0.25) is 0 Å². The van der Waals surface area contributed by atoms with Gasteiger partial charge in [0.25, 0.3) is 0 Å². The fourth-order valence-electron chi connectivity index (χ4n) is 0. The van der Waals surface area contributed by atoms with Crippen LogP contribution in [-0.4, -0.2) is 52.6 Å². The zero-order chi connectivity index (χ0) is 0. The molecular formula is CH8ClMgNa. The van der Waals surface area contributed by atoms with E-state index in [4.69, 9.17) is 0 Å². The van der Waals surface area contributed by atoms with E-state index in [1.807, 2.05) is 0 Å². The standard InChI is InChI=1S/CH4.ClH.Mg.Na.3H/h1H4;1H;;;;;. The predicted octanol–water partition coefficient (Wildman–Crippen LogP) is -0.507. The molecule has 4 heavy (non-hydrogen) atoms. The Kier molecular flexibility index (Phi) is 180. The van der Waals surface area contributed by atoms with Crippen LogP contribution in [0.4, 0.5) is 0 Å². The van der Waals surface area contributed by atoms with Crippen LogP contribution in [0.5, 0.6) is 0 Å². The molecule has 0 aliphatic heterocycles. The molecule has 0 aromatic carbocycles. The van der Waals surface area contributed by atoms with Crippen LogP contribution in [0.1, 0.15) is 7.43 Å². The third-order valence-electron chi connectivity index (χ3n) is 0. The summed E-state index contributed by atoms with van der Waals surface area (Å²) in [4.78, 5) is 0. The minimum absolute atomic E-state index is 0. The topological polar surface area (TPSA) is 0 Å². The van der Waals surface area contributed by atoms with Crippen molar-refractivity contribution in [2.24, 2.45) is 0 Å². The minimum atomic E-state index is 0. The van der Waals surface area contributed by atoms with Crippen molar-refractivity contribution in [3.8, 4) is 0 Å². The average Bonchev–Trinajstić information content (AvgIpc) is 0. The van der Waals surface area contributed by atoms with Crippen molar-refractivity contribution in [1.82, 2.24) is 0 Å². The van der Waals surface area contributed by atoms with E-state index in [0.717, 1.165) is 0 Å². The van der Waals surface area contributed by atoms with Crippen LogP contribution in [0.3, 0.4) is 0 Å². The molecular weight excluding hydrogens is 94.8 g/mol. The number of halogens is 1. The molecule has 3 heteroatoms. The Hall–Kier alpha value is 2.06. The summed E-state index contributed by atoms with van der Waals surface area (Å²) in [6.45, 7) is 0. The Balaban J connectivity index is 0. The van der Waals surface area contributed by atoms with Crippen molar-refractivity contribution in [3.05, 3.63) is 0 Å². The molecule has 0 atom stereocenters. The summed E-state index contributed by atoms with van der Waals surface area (Å²) in [5.41, 5.74) is 0. The third-order valence-corrected chi connectivity index (χ3v) is 0. The van der Waals surface area contributed by atoms with E-state index in [1.165, 1.54) is 0 Å². The molecule has 0 saturated carbocycles. The van der Waals surface area contributed by atoms with E-state index in [-0.39, 0.29) is 72.4 Å². The van der Waals surface area contributed by atoms with Crippen LogP contribution < -0.4 is 0 Å². The molecule has 0 bridgehead atoms. The normalized spacial score (nSPS) is 0. The molecule has 0 aliphatic rings. The first-order valence-corrected chi connectivity index (χ1v) is 0. The first kappa shape index (κ1) is 36.6. The second-order valence-electron chi connectivity index (χ2n) is 0. The van der Waals surface area contributed by atoms with Crippen molar-refractivity contribution >= 4 is 65.0 Å². The van der Waals surface area contributed by atoms with Crippen molar-refractivity contribution in [1.29, 1.82) is 0 Å². The van der Waals surface area contributed by atoms with Crippen LogP contribution in [-0.2, 0) is 0 Å². The van der Waals surface area contributed by atoms with E-state index < -0.39 is 0 Å². The van der Waals surface area contributed by atoms with Crippen molar-refractivity contribution in [2.75, 3.05) is 0 Å². The van der Waals surface area contributed by atoms with Gasteiger partial charge in [0.1, 0.15) is 0 Å². The van der Waals surface area contributed by atoms with Gasteiger partial charge in [0.15, 0.2) is 0 Å². The number of rotatable bonds is 0. The van der Waals surface area contributed by atoms with Gasteiger partial charge in [-0.25, -0.2) is 0 Å². The van der Waals surface area contributed by atoms with Crippen molar-refractivity contribution in [2.45, 2.75) is 7.43 Å². The second kappa shape index (κ2) is 19.7.